The molecule has 0 aliphatic carbocycles. The molecule has 0 amide bonds. The molecule has 0 unspecified atom stereocenters. The number of hydrogen-bond acceptors (Lipinski definition) is 4. The van der Waals surface area contributed by atoms with E-state index in [1.54, 1.807) is 30.3 Å². The van der Waals surface area contributed by atoms with Crippen LogP contribution in [0.5, 0.6) is 0 Å². The number of halogens is 1. The molecule has 2 rings (SSSR count). The second-order valence-electron chi connectivity index (χ2n) is 4.38. The van der Waals surface area contributed by atoms with Gasteiger partial charge in [-0.3, -0.25) is 4.72 Å². The van der Waals surface area contributed by atoms with Gasteiger partial charge < -0.3 is 5.73 Å². The van der Waals surface area contributed by atoms with Crippen LogP contribution in [-0.2, 0) is 15.8 Å². The van der Waals surface area contributed by atoms with Crippen LogP contribution in [0.1, 0.15) is 11.1 Å². The number of anilines is 2. The Bertz CT molecular complexity index is 796. The van der Waals surface area contributed by atoms with E-state index < -0.39 is 15.8 Å². The molecule has 5 nitrogen and oxygen atoms in total. The van der Waals surface area contributed by atoms with Gasteiger partial charge in [-0.25, -0.2) is 12.8 Å². The lowest BCUT2D eigenvalue weighted by molar-refractivity contribution is 0.600. The first-order valence-electron chi connectivity index (χ1n) is 5.95. The molecule has 0 spiro atoms. The molecule has 0 saturated heterocycles. The fraction of sp³-hybridized carbons (Fsp3) is 0.0714. The van der Waals surface area contributed by atoms with E-state index in [1.165, 1.54) is 12.1 Å². The van der Waals surface area contributed by atoms with E-state index in [-0.39, 0.29) is 17.0 Å². The Morgan fingerprint density at radius 1 is 1.19 bits per heavy atom. The number of sulfonamides is 1. The van der Waals surface area contributed by atoms with E-state index in [1.807, 2.05) is 0 Å². The minimum atomic E-state index is -3.76. The van der Waals surface area contributed by atoms with Gasteiger partial charge >= 0.3 is 0 Å². The van der Waals surface area contributed by atoms with E-state index in [9.17, 15) is 12.8 Å². The van der Waals surface area contributed by atoms with Gasteiger partial charge in [0.05, 0.1) is 11.4 Å². The van der Waals surface area contributed by atoms with Crippen molar-refractivity contribution in [3.05, 3.63) is 59.4 Å². The molecule has 0 aliphatic rings. The lowest BCUT2D eigenvalue weighted by Crippen LogP contribution is -2.16. The van der Waals surface area contributed by atoms with Gasteiger partial charge in [-0.15, -0.1) is 0 Å². The Labute approximate surface area is 121 Å². The topological polar surface area (TPSA) is 96.0 Å². The summed E-state index contributed by atoms with van der Waals surface area (Å²) in [7, 11) is -3.76. The molecular weight excluding hydrogens is 293 g/mol. The first-order valence-corrected chi connectivity index (χ1v) is 7.60. The summed E-state index contributed by atoms with van der Waals surface area (Å²) in [4.78, 5) is 0. The van der Waals surface area contributed by atoms with Crippen molar-refractivity contribution < 1.29 is 12.8 Å². The minimum absolute atomic E-state index is 0.0760. The van der Waals surface area contributed by atoms with Crippen molar-refractivity contribution >= 4 is 21.4 Å². The highest BCUT2D eigenvalue weighted by atomic mass is 32.2. The van der Waals surface area contributed by atoms with Crippen molar-refractivity contribution in [2.75, 3.05) is 10.5 Å². The zero-order chi connectivity index (χ0) is 15.5. The molecule has 3 N–H and O–H groups in total. The summed E-state index contributed by atoms with van der Waals surface area (Å²) in [6, 6.07) is 11.8. The van der Waals surface area contributed by atoms with Gasteiger partial charge in [0.2, 0.25) is 10.0 Å². The van der Waals surface area contributed by atoms with Crippen molar-refractivity contribution in [1.82, 2.24) is 0 Å². The van der Waals surface area contributed by atoms with Gasteiger partial charge in [-0.2, -0.15) is 5.26 Å². The van der Waals surface area contributed by atoms with Crippen LogP contribution in [0.2, 0.25) is 0 Å². The normalized spacial score (nSPS) is 10.9. The third-order valence-electron chi connectivity index (χ3n) is 2.73. The van der Waals surface area contributed by atoms with Crippen molar-refractivity contribution in [1.29, 1.82) is 5.26 Å². The van der Waals surface area contributed by atoms with E-state index in [0.29, 0.717) is 11.3 Å². The van der Waals surface area contributed by atoms with E-state index in [2.05, 4.69) is 4.72 Å². The van der Waals surface area contributed by atoms with Crippen LogP contribution < -0.4 is 10.5 Å². The summed E-state index contributed by atoms with van der Waals surface area (Å²) < 4.78 is 39.8. The molecule has 0 aromatic heterocycles. The maximum absolute atomic E-state index is 13.4. The molecule has 0 fully saturated rings. The van der Waals surface area contributed by atoms with Gasteiger partial charge in [-0.1, -0.05) is 18.2 Å². The first kappa shape index (κ1) is 14.8. The van der Waals surface area contributed by atoms with Crippen LogP contribution in [0.25, 0.3) is 0 Å². The highest BCUT2D eigenvalue weighted by molar-refractivity contribution is 7.91. The number of nitrogens with one attached hydrogen (secondary N) is 1. The number of hydrogen-bond donors (Lipinski definition) is 2. The average molecular weight is 305 g/mol. The summed E-state index contributed by atoms with van der Waals surface area (Å²) in [6.45, 7) is 0. The van der Waals surface area contributed by atoms with E-state index in [0.717, 1.165) is 6.07 Å². The van der Waals surface area contributed by atoms with Crippen LogP contribution in [-0.4, -0.2) is 8.42 Å². The van der Waals surface area contributed by atoms with Gasteiger partial charge in [0.15, 0.2) is 0 Å². The zero-order valence-corrected chi connectivity index (χ0v) is 11.7. The van der Waals surface area contributed by atoms with Crippen molar-refractivity contribution in [3.8, 4) is 6.07 Å². The molecule has 0 aliphatic heterocycles. The summed E-state index contributed by atoms with van der Waals surface area (Å²) in [5, 5.41) is 8.88. The van der Waals surface area contributed by atoms with Crippen LogP contribution in [0, 0.1) is 17.1 Å². The number of rotatable bonds is 4. The predicted octanol–water partition coefficient (Wildman–Crippen LogP) is 2.22. The average Bonchev–Trinajstić information content (AvgIpc) is 2.41. The molecule has 0 radical (unpaired) electrons. The van der Waals surface area contributed by atoms with E-state index in [4.69, 9.17) is 11.0 Å². The van der Waals surface area contributed by atoms with Gasteiger partial charge in [0, 0.05) is 5.69 Å². The summed E-state index contributed by atoms with van der Waals surface area (Å²) in [5.41, 5.74) is 6.18. The Kier molecular flexibility index (Phi) is 4.10. The fourth-order valence-electron chi connectivity index (χ4n) is 1.76. The second-order valence-corrected chi connectivity index (χ2v) is 6.10. The molecule has 2 aromatic rings. The smallest absolute Gasteiger partial charge is 0.236 e. The monoisotopic (exact) mass is 305 g/mol. The van der Waals surface area contributed by atoms with Crippen molar-refractivity contribution in [3.63, 3.8) is 0 Å². The van der Waals surface area contributed by atoms with Crippen molar-refractivity contribution in [2.24, 2.45) is 0 Å². The maximum Gasteiger partial charge on any atom is 0.236 e. The summed E-state index contributed by atoms with van der Waals surface area (Å²) in [6.07, 6.45) is 0. The SMILES string of the molecule is N#Cc1c(F)cccc1NS(=O)(=O)Cc1ccc(N)cc1. The number of nitrogens with two attached hydrogens (primary N) is 1. The summed E-state index contributed by atoms with van der Waals surface area (Å²) in [5.74, 6) is -1.07. The largest absolute Gasteiger partial charge is 0.399 e. The molecule has 0 atom stereocenters. The lowest BCUT2D eigenvalue weighted by atomic mass is 10.2. The lowest BCUT2D eigenvalue weighted by Gasteiger charge is -2.10. The van der Waals surface area contributed by atoms with Crippen molar-refractivity contribution in [2.45, 2.75) is 5.75 Å². The van der Waals surface area contributed by atoms with E-state index >= 15 is 0 Å². The van der Waals surface area contributed by atoms with Gasteiger partial charge in [-0.05, 0) is 29.8 Å². The second kappa shape index (κ2) is 5.81. The highest BCUT2D eigenvalue weighted by Gasteiger charge is 2.16. The quantitative estimate of drug-likeness (QED) is 0.846. The first-order chi connectivity index (χ1) is 9.91. The fourth-order valence-corrected chi connectivity index (χ4v) is 2.97. The van der Waals surface area contributed by atoms with Crippen LogP contribution in [0.3, 0.4) is 0 Å². The Hall–Kier alpha value is -2.59. The number of nitriles is 1. The highest BCUT2D eigenvalue weighted by Crippen LogP contribution is 2.20. The number of benzene rings is 2. The third-order valence-corrected chi connectivity index (χ3v) is 3.97. The predicted molar refractivity (Wildman–Crippen MR) is 78.2 cm³/mol. The Morgan fingerprint density at radius 2 is 1.86 bits per heavy atom. The standard InChI is InChI=1S/C14H12FN3O2S/c15-13-2-1-3-14(12(13)8-16)18-21(19,20)9-10-4-6-11(17)7-5-10/h1-7,18H,9,17H2. The molecule has 0 saturated carbocycles. The Morgan fingerprint density at radius 3 is 2.48 bits per heavy atom. The minimum Gasteiger partial charge on any atom is -0.399 e. The third kappa shape index (κ3) is 3.70. The molecule has 108 valence electrons. The van der Waals surface area contributed by atoms with Gasteiger partial charge in [0.1, 0.15) is 17.4 Å². The zero-order valence-electron chi connectivity index (χ0n) is 10.9. The van der Waals surface area contributed by atoms with Gasteiger partial charge in [0.25, 0.3) is 0 Å². The molecular formula is C14H12FN3O2S. The molecule has 2 aromatic carbocycles. The molecule has 21 heavy (non-hydrogen) atoms. The molecule has 0 bridgehead atoms. The summed E-state index contributed by atoms with van der Waals surface area (Å²) >= 11 is 0. The van der Waals surface area contributed by atoms with Crippen LogP contribution in [0.4, 0.5) is 15.8 Å². The molecule has 7 heteroatoms. The Balaban J connectivity index is 2.24. The number of nitrogens with zero attached hydrogens (tertiary/aromatic N) is 1. The van der Waals surface area contributed by atoms with Crippen LogP contribution >= 0.6 is 0 Å². The molecule has 0 heterocycles. The number of nitrogen functional groups attached to an aromatic ring is 1. The maximum atomic E-state index is 13.4. The van der Waals surface area contributed by atoms with Crippen LogP contribution in [0.15, 0.2) is 42.5 Å².